The van der Waals surface area contributed by atoms with E-state index >= 15 is 0 Å². The summed E-state index contributed by atoms with van der Waals surface area (Å²) in [6, 6.07) is 5.59. The molecule has 2 N–H and O–H groups in total. The smallest absolute Gasteiger partial charge is 0.123 e. The Bertz CT molecular complexity index is 491. The van der Waals surface area contributed by atoms with Crippen LogP contribution in [0.3, 0.4) is 0 Å². The zero-order valence-electron chi connectivity index (χ0n) is 11.3. The normalized spacial score (nSPS) is 32.5. The van der Waals surface area contributed by atoms with Gasteiger partial charge in [0.1, 0.15) is 5.82 Å². The molecular formula is C15H20FNOS. The fraction of sp³-hybridized carbons (Fsp3) is 0.600. The number of rotatable bonds is 2. The Morgan fingerprint density at radius 3 is 2.89 bits per heavy atom. The highest BCUT2D eigenvalue weighted by molar-refractivity contribution is 7.99. The van der Waals surface area contributed by atoms with Crippen molar-refractivity contribution in [2.24, 2.45) is 5.41 Å². The van der Waals surface area contributed by atoms with Crippen molar-refractivity contribution in [2.75, 3.05) is 5.75 Å². The van der Waals surface area contributed by atoms with Gasteiger partial charge in [-0.3, -0.25) is 0 Å². The van der Waals surface area contributed by atoms with Gasteiger partial charge in [0.05, 0.1) is 6.10 Å². The molecule has 2 aliphatic rings. The van der Waals surface area contributed by atoms with E-state index in [4.69, 9.17) is 0 Å². The minimum Gasteiger partial charge on any atom is -0.392 e. The van der Waals surface area contributed by atoms with Crippen molar-refractivity contribution in [3.8, 4) is 0 Å². The van der Waals surface area contributed by atoms with Gasteiger partial charge in [0.2, 0.25) is 0 Å². The van der Waals surface area contributed by atoms with Crippen LogP contribution in [0.1, 0.15) is 38.3 Å². The Kier molecular flexibility index (Phi) is 3.36. The van der Waals surface area contributed by atoms with Gasteiger partial charge in [-0.1, -0.05) is 13.8 Å². The van der Waals surface area contributed by atoms with Gasteiger partial charge in [0.15, 0.2) is 0 Å². The summed E-state index contributed by atoms with van der Waals surface area (Å²) >= 11 is 1.80. The molecule has 0 bridgehead atoms. The van der Waals surface area contributed by atoms with Gasteiger partial charge in [0.25, 0.3) is 0 Å². The molecule has 4 heteroatoms. The number of benzene rings is 1. The Morgan fingerprint density at radius 2 is 2.21 bits per heavy atom. The third-order valence-electron chi connectivity index (χ3n) is 4.63. The lowest BCUT2D eigenvalue weighted by Gasteiger charge is -2.51. The molecule has 0 spiro atoms. The number of thioether (sulfide) groups is 1. The van der Waals surface area contributed by atoms with Crippen LogP contribution < -0.4 is 5.32 Å². The molecule has 3 rings (SSSR count). The molecule has 1 aromatic rings. The van der Waals surface area contributed by atoms with E-state index in [1.54, 1.807) is 17.8 Å². The van der Waals surface area contributed by atoms with Crippen LogP contribution in [-0.4, -0.2) is 23.0 Å². The third-order valence-corrected chi connectivity index (χ3v) is 5.75. The number of aliphatic hydroxyl groups excluding tert-OH is 1. The van der Waals surface area contributed by atoms with Crippen molar-refractivity contribution >= 4 is 11.8 Å². The minimum atomic E-state index is -0.227. The van der Waals surface area contributed by atoms with Crippen molar-refractivity contribution < 1.29 is 9.50 Å². The molecule has 1 aliphatic heterocycles. The van der Waals surface area contributed by atoms with Crippen LogP contribution in [0, 0.1) is 11.2 Å². The van der Waals surface area contributed by atoms with E-state index in [0.717, 1.165) is 24.2 Å². The molecule has 3 atom stereocenters. The standard InChI is InChI=1S/C15H20FNOS/c1-15(2)13(8-14(15)18)17-11-5-6-19-12-4-3-9(16)7-10(11)12/h3-4,7,11,13-14,17-18H,5-6,8H2,1-2H3. The lowest BCUT2D eigenvalue weighted by molar-refractivity contribution is -0.0763. The largest absolute Gasteiger partial charge is 0.392 e. The predicted octanol–water partition coefficient (Wildman–Crippen LogP) is 3.11. The Balaban J connectivity index is 1.79. The molecule has 0 aromatic heterocycles. The number of hydrogen-bond donors (Lipinski definition) is 2. The SMILES string of the molecule is CC1(C)C(O)CC1NC1CCSc2ccc(F)cc21. The van der Waals surface area contributed by atoms with Crippen molar-refractivity contribution in [3.05, 3.63) is 29.6 Å². The number of hydrogen-bond acceptors (Lipinski definition) is 3. The maximum atomic E-state index is 13.4. The summed E-state index contributed by atoms with van der Waals surface area (Å²) in [5.74, 6) is 0.896. The summed E-state index contributed by atoms with van der Waals surface area (Å²) in [4.78, 5) is 1.18. The molecule has 2 nitrogen and oxygen atoms in total. The second kappa shape index (κ2) is 4.76. The van der Waals surface area contributed by atoms with Gasteiger partial charge in [-0.2, -0.15) is 0 Å². The van der Waals surface area contributed by atoms with Gasteiger partial charge in [-0.15, -0.1) is 11.8 Å². The predicted molar refractivity (Wildman–Crippen MR) is 75.8 cm³/mol. The summed E-state index contributed by atoms with van der Waals surface area (Å²) in [5.41, 5.74) is 0.992. The van der Waals surface area contributed by atoms with Crippen molar-refractivity contribution in [2.45, 2.75) is 49.8 Å². The van der Waals surface area contributed by atoms with Crippen LogP contribution in [0.4, 0.5) is 4.39 Å². The molecule has 0 radical (unpaired) electrons. The zero-order valence-corrected chi connectivity index (χ0v) is 12.1. The number of fused-ring (bicyclic) bond motifs is 1. The van der Waals surface area contributed by atoms with E-state index in [2.05, 4.69) is 19.2 Å². The van der Waals surface area contributed by atoms with Crippen LogP contribution >= 0.6 is 11.8 Å². The van der Waals surface area contributed by atoms with E-state index in [1.807, 2.05) is 6.07 Å². The quantitative estimate of drug-likeness (QED) is 0.873. The Morgan fingerprint density at radius 1 is 1.42 bits per heavy atom. The second-order valence-corrected chi connectivity index (χ2v) is 7.30. The van der Waals surface area contributed by atoms with Gasteiger partial charge < -0.3 is 10.4 Å². The van der Waals surface area contributed by atoms with Crippen LogP contribution in [0.25, 0.3) is 0 Å². The minimum absolute atomic E-state index is 0.0852. The molecule has 3 unspecified atom stereocenters. The molecule has 1 aliphatic carbocycles. The van der Waals surface area contributed by atoms with Crippen LogP contribution in [0.15, 0.2) is 23.1 Å². The van der Waals surface area contributed by atoms with Crippen molar-refractivity contribution in [3.63, 3.8) is 0 Å². The summed E-state index contributed by atoms with van der Waals surface area (Å²) in [7, 11) is 0. The van der Waals surface area contributed by atoms with E-state index < -0.39 is 0 Å². The topological polar surface area (TPSA) is 32.3 Å². The number of halogens is 1. The zero-order chi connectivity index (χ0) is 13.6. The molecule has 104 valence electrons. The van der Waals surface area contributed by atoms with E-state index in [0.29, 0.717) is 6.04 Å². The number of aliphatic hydroxyl groups is 1. The molecule has 0 amide bonds. The first-order valence-corrected chi connectivity index (χ1v) is 7.83. The molecule has 1 heterocycles. The summed E-state index contributed by atoms with van der Waals surface area (Å²) in [6.07, 6.45) is 1.58. The molecule has 19 heavy (non-hydrogen) atoms. The second-order valence-electron chi connectivity index (χ2n) is 6.16. The van der Waals surface area contributed by atoms with Crippen molar-refractivity contribution in [1.29, 1.82) is 0 Å². The van der Waals surface area contributed by atoms with Gasteiger partial charge in [-0.25, -0.2) is 4.39 Å². The van der Waals surface area contributed by atoms with Crippen LogP contribution in [0.5, 0.6) is 0 Å². The first kappa shape index (κ1) is 13.4. The highest BCUT2D eigenvalue weighted by Crippen LogP contribution is 2.44. The van der Waals surface area contributed by atoms with Gasteiger partial charge >= 0.3 is 0 Å². The maximum absolute atomic E-state index is 13.4. The lowest BCUT2D eigenvalue weighted by Crippen LogP contribution is -2.60. The first-order chi connectivity index (χ1) is 8.98. The summed E-state index contributed by atoms with van der Waals surface area (Å²) < 4.78 is 13.4. The lowest BCUT2D eigenvalue weighted by atomic mass is 9.64. The average Bonchev–Trinajstić information content (AvgIpc) is 2.39. The first-order valence-electron chi connectivity index (χ1n) is 6.85. The van der Waals surface area contributed by atoms with Gasteiger partial charge in [-0.05, 0) is 42.4 Å². The molecule has 0 saturated heterocycles. The van der Waals surface area contributed by atoms with E-state index in [1.165, 1.54) is 11.0 Å². The highest BCUT2D eigenvalue weighted by Gasteiger charge is 2.48. The maximum Gasteiger partial charge on any atom is 0.123 e. The summed E-state index contributed by atoms with van der Waals surface area (Å²) in [6.45, 7) is 4.17. The highest BCUT2D eigenvalue weighted by atomic mass is 32.2. The van der Waals surface area contributed by atoms with Crippen LogP contribution in [-0.2, 0) is 0 Å². The van der Waals surface area contributed by atoms with Crippen molar-refractivity contribution in [1.82, 2.24) is 5.32 Å². The average molecular weight is 281 g/mol. The van der Waals surface area contributed by atoms with Gasteiger partial charge in [0, 0.05) is 22.4 Å². The van der Waals surface area contributed by atoms with Crippen LogP contribution in [0.2, 0.25) is 0 Å². The number of nitrogens with one attached hydrogen (secondary N) is 1. The fourth-order valence-electron chi connectivity index (χ4n) is 2.97. The summed E-state index contributed by atoms with van der Waals surface area (Å²) in [5, 5.41) is 13.4. The molecule has 1 saturated carbocycles. The third kappa shape index (κ3) is 2.30. The Hall–Kier alpha value is -0.580. The van der Waals surface area contributed by atoms with E-state index in [9.17, 15) is 9.50 Å². The molecular weight excluding hydrogens is 261 g/mol. The fourth-order valence-corrected chi connectivity index (χ4v) is 4.07. The monoisotopic (exact) mass is 281 g/mol. The Labute approximate surface area is 117 Å². The molecule has 1 aromatic carbocycles. The molecule has 1 fully saturated rings. The van der Waals surface area contributed by atoms with E-state index in [-0.39, 0.29) is 23.4 Å².